The van der Waals surface area contributed by atoms with Gasteiger partial charge in [-0.05, 0) is 36.8 Å². The molecule has 21 heavy (non-hydrogen) atoms. The molecule has 0 amide bonds. The van der Waals surface area contributed by atoms with Gasteiger partial charge >= 0.3 is 5.69 Å². The van der Waals surface area contributed by atoms with E-state index >= 15 is 0 Å². The van der Waals surface area contributed by atoms with Gasteiger partial charge in [-0.2, -0.15) is 0 Å². The van der Waals surface area contributed by atoms with Crippen molar-refractivity contribution in [2.24, 2.45) is 17.6 Å². The molecule has 1 aliphatic heterocycles. The Hall–Kier alpha value is -1.66. The van der Waals surface area contributed by atoms with Gasteiger partial charge in [-0.3, -0.25) is 4.40 Å². The zero-order chi connectivity index (χ0) is 14.4. The van der Waals surface area contributed by atoms with Gasteiger partial charge in [0.1, 0.15) is 0 Å². The van der Waals surface area contributed by atoms with Crippen LogP contribution in [0.5, 0.6) is 0 Å². The standard InChI is InChI=1S/C15H21N5O/c16-13-5-4-11-9-18(10-12(11)13)7-8-20-15(21)19-6-2-1-3-14(19)17-20/h1-3,6,11-13H,4-5,7-10,16H2. The third-order valence-electron chi connectivity index (χ3n) is 5.10. The third-order valence-corrected chi connectivity index (χ3v) is 5.10. The highest BCUT2D eigenvalue weighted by atomic mass is 16.2. The monoisotopic (exact) mass is 287 g/mol. The van der Waals surface area contributed by atoms with E-state index in [1.165, 1.54) is 12.8 Å². The number of hydrogen-bond acceptors (Lipinski definition) is 4. The lowest BCUT2D eigenvalue weighted by atomic mass is 9.98. The van der Waals surface area contributed by atoms with E-state index in [1.807, 2.05) is 18.2 Å². The van der Waals surface area contributed by atoms with E-state index in [1.54, 1.807) is 15.3 Å². The molecule has 2 aromatic heterocycles. The maximum Gasteiger partial charge on any atom is 0.350 e. The lowest BCUT2D eigenvalue weighted by Gasteiger charge is -2.17. The van der Waals surface area contributed by atoms with Gasteiger partial charge in [0.15, 0.2) is 5.65 Å². The van der Waals surface area contributed by atoms with Gasteiger partial charge in [0.05, 0.1) is 6.54 Å². The second-order valence-electron chi connectivity index (χ2n) is 6.36. The molecule has 112 valence electrons. The Labute approximate surface area is 123 Å². The summed E-state index contributed by atoms with van der Waals surface area (Å²) in [5, 5.41) is 4.38. The van der Waals surface area contributed by atoms with Crippen LogP contribution in [0.3, 0.4) is 0 Å². The molecule has 4 rings (SSSR count). The van der Waals surface area contributed by atoms with Crippen LogP contribution in [0.2, 0.25) is 0 Å². The molecule has 2 N–H and O–H groups in total. The predicted molar refractivity (Wildman–Crippen MR) is 80.1 cm³/mol. The Morgan fingerprint density at radius 2 is 2.14 bits per heavy atom. The molecule has 0 radical (unpaired) electrons. The van der Waals surface area contributed by atoms with E-state index in [-0.39, 0.29) is 5.69 Å². The quantitative estimate of drug-likeness (QED) is 0.873. The first kappa shape index (κ1) is 13.0. The number of nitrogens with two attached hydrogens (primary N) is 1. The van der Waals surface area contributed by atoms with Crippen LogP contribution < -0.4 is 11.4 Å². The van der Waals surface area contributed by atoms with Crippen molar-refractivity contribution in [3.63, 3.8) is 0 Å². The van der Waals surface area contributed by atoms with Crippen LogP contribution in [-0.2, 0) is 6.54 Å². The molecule has 1 saturated heterocycles. The number of pyridine rings is 1. The summed E-state index contributed by atoms with van der Waals surface area (Å²) >= 11 is 0. The lowest BCUT2D eigenvalue weighted by molar-refractivity contribution is 0.286. The van der Waals surface area contributed by atoms with Crippen molar-refractivity contribution in [1.82, 2.24) is 19.1 Å². The minimum atomic E-state index is -0.0540. The van der Waals surface area contributed by atoms with Gasteiger partial charge < -0.3 is 10.6 Å². The van der Waals surface area contributed by atoms with Crippen LogP contribution in [0.4, 0.5) is 0 Å². The van der Waals surface area contributed by atoms with Crippen molar-refractivity contribution in [2.45, 2.75) is 25.4 Å². The number of aromatic nitrogens is 3. The van der Waals surface area contributed by atoms with Crippen LogP contribution in [0.25, 0.3) is 5.65 Å². The van der Waals surface area contributed by atoms with Gasteiger partial charge in [0.2, 0.25) is 0 Å². The molecule has 3 atom stereocenters. The molecule has 2 fully saturated rings. The molecule has 2 aromatic rings. The smallest absolute Gasteiger partial charge is 0.327 e. The second-order valence-corrected chi connectivity index (χ2v) is 6.36. The van der Waals surface area contributed by atoms with Crippen LogP contribution in [0, 0.1) is 11.8 Å². The molecule has 0 bridgehead atoms. The minimum Gasteiger partial charge on any atom is -0.327 e. The number of likely N-dealkylation sites (tertiary alicyclic amines) is 1. The summed E-state index contributed by atoms with van der Waals surface area (Å²) in [5.41, 5.74) is 6.82. The van der Waals surface area contributed by atoms with Crippen molar-refractivity contribution >= 4 is 5.65 Å². The zero-order valence-electron chi connectivity index (χ0n) is 12.1. The summed E-state index contributed by atoms with van der Waals surface area (Å²) in [7, 11) is 0. The number of fused-ring (bicyclic) bond motifs is 2. The van der Waals surface area contributed by atoms with Crippen LogP contribution >= 0.6 is 0 Å². The number of hydrogen-bond donors (Lipinski definition) is 1. The molecular weight excluding hydrogens is 266 g/mol. The first-order valence-corrected chi connectivity index (χ1v) is 7.74. The summed E-state index contributed by atoms with van der Waals surface area (Å²) in [6.07, 6.45) is 4.20. The van der Waals surface area contributed by atoms with Crippen LogP contribution in [0.15, 0.2) is 29.2 Å². The average Bonchev–Trinajstić information content (AvgIpc) is 3.13. The first-order chi connectivity index (χ1) is 10.2. The van der Waals surface area contributed by atoms with Crippen molar-refractivity contribution in [3.8, 4) is 0 Å². The summed E-state index contributed by atoms with van der Waals surface area (Å²) < 4.78 is 3.16. The van der Waals surface area contributed by atoms with E-state index < -0.39 is 0 Å². The van der Waals surface area contributed by atoms with Crippen molar-refractivity contribution in [3.05, 3.63) is 34.9 Å². The molecule has 6 heteroatoms. The van der Waals surface area contributed by atoms with Crippen LogP contribution in [-0.4, -0.2) is 44.8 Å². The second kappa shape index (κ2) is 4.96. The molecule has 1 aliphatic carbocycles. The fraction of sp³-hybridized carbons (Fsp3) is 0.600. The van der Waals surface area contributed by atoms with Crippen molar-refractivity contribution in [1.29, 1.82) is 0 Å². The Morgan fingerprint density at radius 3 is 2.95 bits per heavy atom. The summed E-state index contributed by atoms with van der Waals surface area (Å²) in [4.78, 5) is 14.6. The highest BCUT2D eigenvalue weighted by Crippen LogP contribution is 2.36. The van der Waals surface area contributed by atoms with E-state index in [0.717, 1.165) is 25.6 Å². The summed E-state index contributed by atoms with van der Waals surface area (Å²) in [6, 6.07) is 5.98. The largest absolute Gasteiger partial charge is 0.350 e. The molecule has 2 aliphatic rings. The molecule has 0 spiro atoms. The van der Waals surface area contributed by atoms with Gasteiger partial charge in [0, 0.05) is 31.9 Å². The maximum absolute atomic E-state index is 12.2. The summed E-state index contributed by atoms with van der Waals surface area (Å²) in [6.45, 7) is 3.73. The maximum atomic E-state index is 12.2. The van der Waals surface area contributed by atoms with Gasteiger partial charge in [-0.1, -0.05) is 6.07 Å². The fourth-order valence-corrected chi connectivity index (χ4v) is 3.93. The third kappa shape index (κ3) is 2.18. The summed E-state index contributed by atoms with van der Waals surface area (Å²) in [5.74, 6) is 1.42. The normalized spacial score (nSPS) is 29.3. The number of nitrogens with zero attached hydrogens (tertiary/aromatic N) is 4. The highest BCUT2D eigenvalue weighted by Gasteiger charge is 2.40. The van der Waals surface area contributed by atoms with Gasteiger partial charge in [-0.15, -0.1) is 5.10 Å². The van der Waals surface area contributed by atoms with E-state index in [9.17, 15) is 4.79 Å². The van der Waals surface area contributed by atoms with Crippen molar-refractivity contribution in [2.75, 3.05) is 19.6 Å². The Bertz CT molecular complexity index is 705. The molecular formula is C15H21N5O. The number of rotatable bonds is 3. The molecule has 3 unspecified atom stereocenters. The predicted octanol–water partition coefficient (Wildman–Crippen LogP) is 0.165. The Morgan fingerprint density at radius 1 is 1.24 bits per heavy atom. The average molecular weight is 287 g/mol. The SMILES string of the molecule is NC1CCC2CN(CCn3nc4ccccn4c3=O)CC12. The van der Waals surface area contributed by atoms with Gasteiger partial charge in [0.25, 0.3) is 0 Å². The fourth-order valence-electron chi connectivity index (χ4n) is 3.93. The van der Waals surface area contributed by atoms with E-state index in [2.05, 4.69) is 10.00 Å². The van der Waals surface area contributed by atoms with Gasteiger partial charge in [-0.25, -0.2) is 9.48 Å². The van der Waals surface area contributed by atoms with Crippen molar-refractivity contribution < 1.29 is 0 Å². The Balaban J connectivity index is 1.45. The lowest BCUT2D eigenvalue weighted by Crippen LogP contribution is -2.33. The first-order valence-electron chi connectivity index (χ1n) is 7.74. The highest BCUT2D eigenvalue weighted by molar-refractivity contribution is 5.35. The Kier molecular flexibility index (Phi) is 3.08. The topological polar surface area (TPSA) is 68.6 Å². The minimum absolute atomic E-state index is 0.0540. The van der Waals surface area contributed by atoms with Crippen LogP contribution in [0.1, 0.15) is 12.8 Å². The zero-order valence-corrected chi connectivity index (χ0v) is 12.1. The molecule has 6 nitrogen and oxygen atoms in total. The van der Waals surface area contributed by atoms with E-state index in [4.69, 9.17) is 5.73 Å². The molecule has 0 aromatic carbocycles. The molecule has 3 heterocycles. The van der Waals surface area contributed by atoms with E-state index in [0.29, 0.717) is 24.2 Å². The molecule has 1 saturated carbocycles.